The van der Waals surface area contributed by atoms with Crippen LogP contribution >= 0.6 is 0 Å². The number of carbonyl (C=O) groups is 2. The van der Waals surface area contributed by atoms with Crippen LogP contribution in [-0.4, -0.2) is 28.3 Å². The third-order valence-electron chi connectivity index (χ3n) is 4.10. The third-order valence-corrected chi connectivity index (χ3v) is 4.10. The highest BCUT2D eigenvalue weighted by Gasteiger charge is 2.38. The molecule has 0 heterocycles. The minimum Gasteiger partial charge on any atom is -0.487 e. The van der Waals surface area contributed by atoms with Crippen molar-refractivity contribution in [1.29, 1.82) is 0 Å². The van der Waals surface area contributed by atoms with Crippen molar-refractivity contribution in [3.05, 3.63) is 29.3 Å². The number of aliphatic carboxylic acids is 1. The summed E-state index contributed by atoms with van der Waals surface area (Å²) in [6.45, 7) is 1.65. The summed E-state index contributed by atoms with van der Waals surface area (Å²) in [5.74, 6) is -4.87. The molecule has 0 unspecified atom stereocenters. The standard InChI is InChI=1S/C15H16F2O5/c1-15(14(20)21)4-2-8(3-5-15)22-12-6-9(13(18)19)10(16)7-11(12)17/h6-8H,2-5H2,1H3,(H,18,19)(H,20,21)/t8-,15+. The van der Waals surface area contributed by atoms with E-state index >= 15 is 0 Å². The molecule has 0 aromatic heterocycles. The normalized spacial score (nSPS) is 24.8. The van der Waals surface area contributed by atoms with Gasteiger partial charge in [-0.1, -0.05) is 0 Å². The number of rotatable bonds is 4. The van der Waals surface area contributed by atoms with E-state index in [0.29, 0.717) is 31.7 Å². The summed E-state index contributed by atoms with van der Waals surface area (Å²) in [4.78, 5) is 22.0. The maximum Gasteiger partial charge on any atom is 0.338 e. The second-order valence-corrected chi connectivity index (χ2v) is 5.75. The molecule has 7 heteroatoms. The smallest absolute Gasteiger partial charge is 0.338 e. The van der Waals surface area contributed by atoms with Gasteiger partial charge in [-0.25, -0.2) is 13.6 Å². The van der Waals surface area contributed by atoms with Gasteiger partial charge in [-0.05, 0) is 32.6 Å². The first-order chi connectivity index (χ1) is 10.2. The zero-order valence-electron chi connectivity index (χ0n) is 11.9. The second-order valence-electron chi connectivity index (χ2n) is 5.75. The Morgan fingerprint density at radius 1 is 1.18 bits per heavy atom. The van der Waals surface area contributed by atoms with E-state index in [4.69, 9.17) is 14.9 Å². The molecule has 2 rings (SSSR count). The Morgan fingerprint density at radius 3 is 2.27 bits per heavy atom. The van der Waals surface area contributed by atoms with E-state index in [-0.39, 0.29) is 5.75 Å². The van der Waals surface area contributed by atoms with Gasteiger partial charge in [0.15, 0.2) is 11.6 Å². The van der Waals surface area contributed by atoms with E-state index in [9.17, 15) is 18.4 Å². The Kier molecular flexibility index (Phi) is 4.35. The number of carboxylic acid groups (broad SMARTS) is 2. The van der Waals surface area contributed by atoms with Crippen LogP contribution in [0.5, 0.6) is 5.75 Å². The first kappa shape index (κ1) is 16.2. The van der Waals surface area contributed by atoms with Gasteiger partial charge in [0, 0.05) is 12.1 Å². The van der Waals surface area contributed by atoms with Gasteiger partial charge in [0.05, 0.1) is 17.1 Å². The highest BCUT2D eigenvalue weighted by atomic mass is 19.1. The van der Waals surface area contributed by atoms with E-state index in [1.807, 2.05) is 0 Å². The average Bonchev–Trinajstić information content (AvgIpc) is 2.43. The molecular weight excluding hydrogens is 298 g/mol. The summed E-state index contributed by atoms with van der Waals surface area (Å²) in [6.07, 6.45) is 1.14. The van der Waals surface area contributed by atoms with Gasteiger partial charge in [0.2, 0.25) is 0 Å². The lowest BCUT2D eigenvalue weighted by Gasteiger charge is -2.34. The first-order valence-corrected chi connectivity index (χ1v) is 6.85. The highest BCUT2D eigenvalue weighted by molar-refractivity contribution is 5.88. The minimum atomic E-state index is -1.51. The van der Waals surface area contributed by atoms with E-state index in [2.05, 4.69) is 0 Å². The summed E-state index contributed by atoms with van der Waals surface area (Å²) < 4.78 is 32.4. The summed E-state index contributed by atoms with van der Waals surface area (Å²) in [5, 5.41) is 18.0. The Hall–Kier alpha value is -2.18. The van der Waals surface area contributed by atoms with Crippen molar-refractivity contribution in [3.8, 4) is 5.75 Å². The maximum atomic E-state index is 13.7. The molecule has 22 heavy (non-hydrogen) atoms. The van der Waals surface area contributed by atoms with Crippen LogP contribution in [0.15, 0.2) is 12.1 Å². The minimum absolute atomic E-state index is 0.331. The molecule has 0 saturated heterocycles. The van der Waals surface area contributed by atoms with Gasteiger partial charge >= 0.3 is 11.9 Å². The number of benzene rings is 1. The Labute approximate surface area is 125 Å². The molecular formula is C15H16F2O5. The van der Waals surface area contributed by atoms with Crippen LogP contribution in [0.3, 0.4) is 0 Å². The van der Waals surface area contributed by atoms with Crippen LogP contribution in [0.1, 0.15) is 43.0 Å². The number of carboxylic acids is 2. The molecule has 5 nitrogen and oxygen atoms in total. The Morgan fingerprint density at radius 2 is 1.77 bits per heavy atom. The van der Waals surface area contributed by atoms with Crippen molar-refractivity contribution in [1.82, 2.24) is 0 Å². The van der Waals surface area contributed by atoms with Crippen LogP contribution in [0.25, 0.3) is 0 Å². The molecule has 0 spiro atoms. The lowest BCUT2D eigenvalue weighted by molar-refractivity contribution is -0.150. The quantitative estimate of drug-likeness (QED) is 0.892. The van der Waals surface area contributed by atoms with Crippen LogP contribution in [0, 0.1) is 17.0 Å². The number of ether oxygens (including phenoxy) is 1. The molecule has 1 aromatic carbocycles. The van der Waals surface area contributed by atoms with Crippen molar-refractivity contribution in [2.75, 3.05) is 0 Å². The molecule has 1 aliphatic carbocycles. The monoisotopic (exact) mass is 314 g/mol. The van der Waals surface area contributed by atoms with Crippen molar-refractivity contribution >= 4 is 11.9 Å². The summed E-state index contributed by atoms with van der Waals surface area (Å²) in [6, 6.07) is 1.29. The molecule has 0 aliphatic heterocycles. The molecule has 1 saturated carbocycles. The average molecular weight is 314 g/mol. The van der Waals surface area contributed by atoms with E-state index in [1.165, 1.54) is 0 Å². The fourth-order valence-electron chi connectivity index (χ4n) is 2.52. The van der Waals surface area contributed by atoms with Crippen molar-refractivity contribution < 1.29 is 33.3 Å². The lowest BCUT2D eigenvalue weighted by atomic mass is 9.75. The number of hydrogen-bond acceptors (Lipinski definition) is 3. The van der Waals surface area contributed by atoms with Crippen LogP contribution in [0.4, 0.5) is 8.78 Å². The number of halogens is 2. The van der Waals surface area contributed by atoms with Gasteiger partial charge in [-0.3, -0.25) is 4.79 Å². The molecule has 120 valence electrons. The molecule has 0 atom stereocenters. The van der Waals surface area contributed by atoms with Crippen molar-refractivity contribution in [3.63, 3.8) is 0 Å². The predicted molar refractivity (Wildman–Crippen MR) is 71.9 cm³/mol. The summed E-state index contributed by atoms with van der Waals surface area (Å²) >= 11 is 0. The summed E-state index contributed by atoms with van der Waals surface area (Å²) in [7, 11) is 0. The predicted octanol–water partition coefficient (Wildman–Crippen LogP) is 3.08. The van der Waals surface area contributed by atoms with Crippen molar-refractivity contribution in [2.45, 2.75) is 38.7 Å². The lowest BCUT2D eigenvalue weighted by Crippen LogP contribution is -2.36. The van der Waals surface area contributed by atoms with Gasteiger partial charge < -0.3 is 14.9 Å². The molecule has 1 aromatic rings. The van der Waals surface area contributed by atoms with E-state index in [1.54, 1.807) is 6.92 Å². The molecule has 1 aliphatic rings. The number of aromatic carboxylic acids is 1. The first-order valence-electron chi connectivity index (χ1n) is 6.85. The Bertz CT molecular complexity index is 606. The zero-order valence-corrected chi connectivity index (χ0v) is 11.9. The molecule has 2 N–H and O–H groups in total. The third kappa shape index (κ3) is 3.18. The van der Waals surface area contributed by atoms with Gasteiger partial charge in [0.1, 0.15) is 5.82 Å². The van der Waals surface area contributed by atoms with Gasteiger partial charge in [-0.2, -0.15) is 0 Å². The fraction of sp³-hybridized carbons (Fsp3) is 0.467. The van der Waals surface area contributed by atoms with Crippen LogP contribution < -0.4 is 4.74 Å². The number of hydrogen-bond donors (Lipinski definition) is 2. The molecule has 0 amide bonds. The topological polar surface area (TPSA) is 83.8 Å². The molecule has 1 fully saturated rings. The van der Waals surface area contributed by atoms with E-state index < -0.39 is 40.7 Å². The highest BCUT2D eigenvalue weighted by Crippen LogP contribution is 2.38. The summed E-state index contributed by atoms with van der Waals surface area (Å²) in [5.41, 5.74) is -1.49. The van der Waals surface area contributed by atoms with Crippen molar-refractivity contribution in [2.24, 2.45) is 5.41 Å². The van der Waals surface area contributed by atoms with Gasteiger partial charge in [-0.15, -0.1) is 0 Å². The SMILES string of the molecule is C[C@]1(C(=O)O)CC[C@@H](Oc2cc(C(=O)O)c(F)cc2F)CC1. The maximum absolute atomic E-state index is 13.7. The fourth-order valence-corrected chi connectivity index (χ4v) is 2.52. The largest absolute Gasteiger partial charge is 0.487 e. The Balaban J connectivity index is 2.11. The molecule has 0 radical (unpaired) electrons. The zero-order chi connectivity index (χ0) is 16.5. The van der Waals surface area contributed by atoms with Crippen LogP contribution in [0.2, 0.25) is 0 Å². The van der Waals surface area contributed by atoms with E-state index in [0.717, 1.165) is 6.07 Å². The van der Waals surface area contributed by atoms with Crippen LogP contribution in [-0.2, 0) is 4.79 Å². The van der Waals surface area contributed by atoms with Gasteiger partial charge in [0.25, 0.3) is 0 Å². The second kappa shape index (κ2) is 5.90. The molecule has 0 bridgehead atoms.